The maximum atomic E-state index is 12.0. The Morgan fingerprint density at radius 3 is 2.45 bits per heavy atom. The second kappa shape index (κ2) is 5.39. The number of hydrogen-bond acceptors (Lipinski definition) is 6. The highest BCUT2D eigenvalue weighted by atomic mass is 32.2. The Morgan fingerprint density at radius 2 is 1.77 bits per heavy atom. The highest BCUT2D eigenvalue weighted by Crippen LogP contribution is 2.26. The molecule has 0 bridgehead atoms. The number of rotatable bonds is 4. The minimum Gasteiger partial charge on any atom is -0.438 e. The van der Waals surface area contributed by atoms with Crippen molar-refractivity contribution >= 4 is 10.0 Å². The van der Waals surface area contributed by atoms with Gasteiger partial charge < -0.3 is 8.94 Å². The zero-order valence-corrected chi connectivity index (χ0v) is 12.7. The molecule has 0 unspecified atom stereocenters. The lowest BCUT2D eigenvalue weighted by Crippen LogP contribution is -2.21. The SMILES string of the molecule is CN(C)S(=O)(=O)c1ccc(-c2nc(-c3ccccc3)no2)o1. The summed E-state index contributed by atoms with van der Waals surface area (Å²) in [7, 11) is -0.776. The highest BCUT2D eigenvalue weighted by molar-refractivity contribution is 7.88. The van der Waals surface area contributed by atoms with Gasteiger partial charge in [0.25, 0.3) is 15.9 Å². The first-order chi connectivity index (χ1) is 10.5. The van der Waals surface area contributed by atoms with Crippen LogP contribution in [0.5, 0.6) is 0 Å². The summed E-state index contributed by atoms with van der Waals surface area (Å²) in [5.74, 6) is 0.734. The molecule has 7 nitrogen and oxygen atoms in total. The Morgan fingerprint density at radius 1 is 1.05 bits per heavy atom. The van der Waals surface area contributed by atoms with Gasteiger partial charge in [-0.05, 0) is 12.1 Å². The van der Waals surface area contributed by atoms with E-state index in [-0.39, 0.29) is 16.7 Å². The normalized spacial score (nSPS) is 12.0. The lowest BCUT2D eigenvalue weighted by Gasteiger charge is -2.07. The van der Waals surface area contributed by atoms with Gasteiger partial charge >= 0.3 is 0 Å². The van der Waals surface area contributed by atoms with E-state index in [4.69, 9.17) is 8.94 Å². The predicted molar refractivity (Wildman–Crippen MR) is 78.3 cm³/mol. The topological polar surface area (TPSA) is 89.4 Å². The fraction of sp³-hybridized carbons (Fsp3) is 0.143. The fourth-order valence-electron chi connectivity index (χ4n) is 1.78. The van der Waals surface area contributed by atoms with Crippen LogP contribution in [0.2, 0.25) is 0 Å². The van der Waals surface area contributed by atoms with E-state index in [0.29, 0.717) is 5.82 Å². The van der Waals surface area contributed by atoms with Gasteiger partial charge in [-0.1, -0.05) is 35.5 Å². The third kappa shape index (κ3) is 2.53. The van der Waals surface area contributed by atoms with Crippen LogP contribution in [0.25, 0.3) is 23.0 Å². The van der Waals surface area contributed by atoms with Crippen molar-refractivity contribution in [3.05, 3.63) is 42.5 Å². The van der Waals surface area contributed by atoms with Gasteiger partial charge in [0.05, 0.1) is 0 Å². The van der Waals surface area contributed by atoms with Crippen molar-refractivity contribution in [1.82, 2.24) is 14.4 Å². The molecule has 114 valence electrons. The zero-order chi connectivity index (χ0) is 15.7. The van der Waals surface area contributed by atoms with Crippen molar-refractivity contribution in [2.75, 3.05) is 14.1 Å². The van der Waals surface area contributed by atoms with Gasteiger partial charge in [-0.2, -0.15) is 4.98 Å². The average molecular weight is 319 g/mol. The quantitative estimate of drug-likeness (QED) is 0.732. The van der Waals surface area contributed by atoms with E-state index in [1.165, 1.54) is 26.2 Å². The van der Waals surface area contributed by atoms with Crippen LogP contribution in [0.15, 0.2) is 56.5 Å². The molecule has 0 atom stereocenters. The van der Waals surface area contributed by atoms with E-state index < -0.39 is 10.0 Å². The van der Waals surface area contributed by atoms with Gasteiger partial charge in [-0.3, -0.25) is 0 Å². The van der Waals surface area contributed by atoms with Crippen molar-refractivity contribution in [3.8, 4) is 23.0 Å². The molecular formula is C14H13N3O4S. The smallest absolute Gasteiger partial charge is 0.293 e. The summed E-state index contributed by atoms with van der Waals surface area (Å²) >= 11 is 0. The number of sulfonamides is 1. The van der Waals surface area contributed by atoms with Crippen LogP contribution >= 0.6 is 0 Å². The summed E-state index contributed by atoms with van der Waals surface area (Å²) in [5, 5.41) is 3.69. The molecule has 2 heterocycles. The van der Waals surface area contributed by atoms with Crippen LogP contribution in [-0.4, -0.2) is 37.0 Å². The summed E-state index contributed by atoms with van der Waals surface area (Å²) in [6.07, 6.45) is 0. The molecule has 3 aromatic rings. The summed E-state index contributed by atoms with van der Waals surface area (Å²) < 4.78 is 35.5. The van der Waals surface area contributed by atoms with Crippen LogP contribution in [-0.2, 0) is 10.0 Å². The van der Waals surface area contributed by atoms with Crippen molar-refractivity contribution in [1.29, 1.82) is 0 Å². The largest absolute Gasteiger partial charge is 0.438 e. The van der Waals surface area contributed by atoms with Gasteiger partial charge in [-0.15, -0.1) is 0 Å². The Hall–Kier alpha value is -2.45. The van der Waals surface area contributed by atoms with E-state index >= 15 is 0 Å². The second-order valence-electron chi connectivity index (χ2n) is 4.70. The van der Waals surface area contributed by atoms with E-state index in [0.717, 1.165) is 9.87 Å². The number of nitrogens with zero attached hydrogens (tertiary/aromatic N) is 3. The van der Waals surface area contributed by atoms with E-state index in [1.807, 2.05) is 30.3 Å². The van der Waals surface area contributed by atoms with Crippen LogP contribution in [0.4, 0.5) is 0 Å². The molecule has 22 heavy (non-hydrogen) atoms. The molecule has 2 aromatic heterocycles. The first kappa shape index (κ1) is 14.5. The third-order valence-corrected chi connectivity index (χ3v) is 4.67. The minimum atomic E-state index is -3.63. The molecule has 0 aliphatic rings. The van der Waals surface area contributed by atoms with E-state index in [9.17, 15) is 8.42 Å². The summed E-state index contributed by atoms with van der Waals surface area (Å²) in [6.45, 7) is 0. The highest BCUT2D eigenvalue weighted by Gasteiger charge is 2.23. The summed E-state index contributed by atoms with van der Waals surface area (Å²) in [6, 6.07) is 12.1. The van der Waals surface area contributed by atoms with Gasteiger partial charge in [0.2, 0.25) is 10.9 Å². The van der Waals surface area contributed by atoms with Crippen LogP contribution in [0.3, 0.4) is 0 Å². The summed E-state index contributed by atoms with van der Waals surface area (Å²) in [5.41, 5.74) is 0.796. The number of hydrogen-bond donors (Lipinski definition) is 0. The van der Waals surface area contributed by atoms with Crippen molar-refractivity contribution in [2.45, 2.75) is 5.09 Å². The van der Waals surface area contributed by atoms with Crippen molar-refractivity contribution < 1.29 is 17.4 Å². The lowest BCUT2D eigenvalue weighted by atomic mass is 10.2. The zero-order valence-electron chi connectivity index (χ0n) is 11.9. The number of aromatic nitrogens is 2. The summed E-state index contributed by atoms with van der Waals surface area (Å²) in [4.78, 5) is 4.21. The Bertz CT molecular complexity index is 882. The molecule has 0 aliphatic carbocycles. The van der Waals surface area contributed by atoms with Gasteiger partial charge in [0.15, 0.2) is 5.76 Å². The van der Waals surface area contributed by atoms with Crippen molar-refractivity contribution in [3.63, 3.8) is 0 Å². The van der Waals surface area contributed by atoms with E-state index in [1.54, 1.807) is 0 Å². The van der Waals surface area contributed by atoms with Gasteiger partial charge in [0.1, 0.15) is 0 Å². The lowest BCUT2D eigenvalue weighted by molar-refractivity contribution is 0.393. The molecule has 3 rings (SSSR count). The average Bonchev–Trinajstić information content (AvgIpc) is 3.17. The standard InChI is InChI=1S/C14H13N3O4S/c1-17(2)22(18,19)12-9-8-11(20-12)14-15-13(16-21-14)10-6-4-3-5-7-10/h3-9H,1-2H3. The first-order valence-electron chi connectivity index (χ1n) is 6.40. The minimum absolute atomic E-state index is 0.124. The Balaban J connectivity index is 1.94. The van der Waals surface area contributed by atoms with Crippen LogP contribution < -0.4 is 0 Å². The van der Waals surface area contributed by atoms with Crippen LogP contribution in [0, 0.1) is 0 Å². The fourth-order valence-corrected chi connectivity index (χ4v) is 2.58. The molecule has 0 saturated heterocycles. The van der Waals surface area contributed by atoms with Gasteiger partial charge in [0, 0.05) is 19.7 Å². The van der Waals surface area contributed by atoms with Crippen LogP contribution in [0.1, 0.15) is 0 Å². The molecule has 0 spiro atoms. The third-order valence-electron chi connectivity index (χ3n) is 2.99. The molecular weight excluding hydrogens is 306 g/mol. The molecule has 0 N–H and O–H groups in total. The Labute approximate surface area is 127 Å². The predicted octanol–water partition coefficient (Wildman–Crippen LogP) is 2.25. The maximum Gasteiger partial charge on any atom is 0.293 e. The molecule has 0 aliphatic heterocycles. The monoisotopic (exact) mass is 319 g/mol. The molecule has 1 aromatic carbocycles. The molecule has 0 fully saturated rings. The first-order valence-corrected chi connectivity index (χ1v) is 7.84. The molecule has 0 amide bonds. The molecule has 8 heteroatoms. The second-order valence-corrected chi connectivity index (χ2v) is 6.78. The van der Waals surface area contributed by atoms with Crippen molar-refractivity contribution in [2.24, 2.45) is 0 Å². The number of furan rings is 1. The molecule has 0 radical (unpaired) electrons. The van der Waals surface area contributed by atoms with Gasteiger partial charge in [-0.25, -0.2) is 12.7 Å². The number of benzene rings is 1. The Kier molecular flexibility index (Phi) is 3.55. The maximum absolute atomic E-state index is 12.0. The van der Waals surface area contributed by atoms with E-state index in [2.05, 4.69) is 10.1 Å². The molecule has 0 saturated carbocycles.